The first-order valence-corrected chi connectivity index (χ1v) is 17.2. The molecule has 4 aromatic carbocycles. The van der Waals surface area contributed by atoms with Crippen LogP contribution in [0.1, 0.15) is 0 Å². The summed E-state index contributed by atoms with van der Waals surface area (Å²) < 4.78 is 85.2. The highest BCUT2D eigenvalue weighted by atomic mass is 32.2. The third kappa shape index (κ3) is 5.10. The summed E-state index contributed by atoms with van der Waals surface area (Å²) >= 11 is 0. The summed E-state index contributed by atoms with van der Waals surface area (Å²) in [6, 6.07) is 8.64. The Morgan fingerprint density at radius 3 is 1.21 bits per heavy atom. The van der Waals surface area contributed by atoms with Gasteiger partial charge in [-0.25, -0.2) is 25.3 Å². The van der Waals surface area contributed by atoms with Crippen molar-refractivity contribution in [3.05, 3.63) is 36.4 Å². The van der Waals surface area contributed by atoms with E-state index >= 15 is 0 Å². The fourth-order valence-electron chi connectivity index (χ4n) is 5.03. The maximum Gasteiger partial charge on any atom is 0.243 e. The van der Waals surface area contributed by atoms with Gasteiger partial charge in [-0.1, -0.05) is 24.3 Å². The first-order valence-electron chi connectivity index (χ1n) is 12.9. The lowest BCUT2D eigenvalue weighted by Gasteiger charge is -2.24. The van der Waals surface area contributed by atoms with E-state index in [1.54, 1.807) is 19.2 Å². The molecule has 4 rings (SSSR count). The molecule has 4 aromatic rings. The van der Waals surface area contributed by atoms with Crippen molar-refractivity contribution in [2.75, 3.05) is 73.0 Å². The number of nitrogens with zero attached hydrogens (tertiary/aromatic N) is 3. The molecular weight excluding hydrogens is 609 g/mol. The number of likely N-dealkylation sites (N-methyl/N-ethyl adjacent to an activating group) is 3. The monoisotopic (exact) mass is 642 g/mol. The number of nitrogens with one attached hydrogen (secondary N) is 1. The van der Waals surface area contributed by atoms with Gasteiger partial charge in [0, 0.05) is 85.8 Å². The van der Waals surface area contributed by atoms with Gasteiger partial charge in [-0.15, -0.1) is 0 Å². The molecule has 16 heteroatoms. The Balaban J connectivity index is 2.29. The van der Waals surface area contributed by atoms with E-state index in [9.17, 15) is 40.6 Å². The van der Waals surface area contributed by atoms with Crippen molar-refractivity contribution >= 4 is 68.1 Å². The van der Waals surface area contributed by atoms with Gasteiger partial charge in [-0.2, -0.15) is 12.9 Å². The summed E-state index contributed by atoms with van der Waals surface area (Å²) in [5.74, 6) is 0. The van der Waals surface area contributed by atoms with E-state index in [4.69, 9.17) is 0 Å². The molecule has 4 N–H and O–H groups in total. The molecule has 0 saturated heterocycles. The van der Waals surface area contributed by atoms with Crippen LogP contribution in [0.15, 0.2) is 51.1 Å². The molecule has 42 heavy (non-hydrogen) atoms. The predicted molar refractivity (Wildman–Crippen MR) is 160 cm³/mol. The van der Waals surface area contributed by atoms with Crippen LogP contribution in [-0.4, -0.2) is 121 Å². The third-order valence-corrected chi connectivity index (χ3v) is 13.1. The fraction of sp³-hybridized carbons (Fsp3) is 0.385. The molecule has 0 heterocycles. The van der Waals surface area contributed by atoms with Gasteiger partial charge in [0.05, 0.1) is 34.5 Å². The average Bonchev–Trinajstić information content (AvgIpc) is 2.95. The van der Waals surface area contributed by atoms with Gasteiger partial charge in [-0.05, 0) is 12.1 Å². The van der Waals surface area contributed by atoms with Crippen molar-refractivity contribution in [3.63, 3.8) is 0 Å². The predicted octanol–water partition coefficient (Wildman–Crippen LogP) is 0.464. The molecular formula is C26H34N4O9S3. The number of sulfonamides is 3. The molecule has 0 atom stereocenters. The van der Waals surface area contributed by atoms with Crippen LogP contribution in [0, 0.1) is 0 Å². The first-order chi connectivity index (χ1) is 19.7. The van der Waals surface area contributed by atoms with Crippen LogP contribution in [0.2, 0.25) is 0 Å². The van der Waals surface area contributed by atoms with E-state index in [0.717, 1.165) is 19.0 Å². The second kappa shape index (κ2) is 11.8. The molecule has 0 unspecified atom stereocenters. The number of anilines is 1. The zero-order chi connectivity index (χ0) is 31.2. The van der Waals surface area contributed by atoms with Gasteiger partial charge in [0.25, 0.3) is 0 Å². The van der Waals surface area contributed by atoms with E-state index in [2.05, 4.69) is 5.32 Å². The van der Waals surface area contributed by atoms with Crippen LogP contribution in [0.4, 0.5) is 5.69 Å². The lowest BCUT2D eigenvalue weighted by atomic mass is 9.93. The summed E-state index contributed by atoms with van der Waals surface area (Å²) in [5, 5.41) is 32.9. The van der Waals surface area contributed by atoms with Crippen LogP contribution >= 0.6 is 0 Å². The SMILES string of the molecule is CNc1cc(S(=O)(=O)N(C)CCO)c2ccc3c(S(=O)(=O)N(C)CCO)cc(S(=O)(=O)N(C)CCO)c4ccc1c2c43. The van der Waals surface area contributed by atoms with Crippen molar-refractivity contribution in [3.8, 4) is 0 Å². The molecule has 230 valence electrons. The van der Waals surface area contributed by atoms with Gasteiger partial charge in [-0.3, -0.25) is 0 Å². The Bertz CT molecular complexity index is 1900. The number of aliphatic hydroxyl groups is 3. The summed E-state index contributed by atoms with van der Waals surface area (Å²) in [4.78, 5) is -0.793. The lowest BCUT2D eigenvalue weighted by Crippen LogP contribution is -2.31. The van der Waals surface area contributed by atoms with Crippen molar-refractivity contribution in [1.82, 2.24) is 12.9 Å². The summed E-state index contributed by atoms with van der Waals surface area (Å²) in [5.41, 5.74) is 0.403. The third-order valence-electron chi connectivity index (χ3n) is 7.36. The highest BCUT2D eigenvalue weighted by Gasteiger charge is 2.33. The Morgan fingerprint density at radius 1 is 0.571 bits per heavy atom. The number of aliphatic hydroxyl groups excluding tert-OH is 3. The Labute approximate surface area is 245 Å². The standard InChI is InChI=1S/C26H34N4O9S3/c1-27-21-15-22(40(34,35)28(2)9-12-31)18-7-8-20-24(42(38,39)30(4)11-14-33)16-23(41(36,37)29(3)10-13-32)19-6-5-17(21)25(18)26(19)20/h5-8,15-16,27,31-33H,9-14H2,1-4H3. The van der Waals surface area contributed by atoms with Gasteiger partial charge in [0.1, 0.15) is 0 Å². The molecule has 13 nitrogen and oxygen atoms in total. The highest BCUT2D eigenvalue weighted by Crippen LogP contribution is 2.45. The zero-order valence-electron chi connectivity index (χ0n) is 23.6. The number of benzene rings is 4. The van der Waals surface area contributed by atoms with Gasteiger partial charge < -0.3 is 20.6 Å². The molecule has 0 radical (unpaired) electrons. The van der Waals surface area contributed by atoms with E-state index in [1.165, 1.54) is 39.3 Å². The minimum atomic E-state index is -4.35. The average molecular weight is 643 g/mol. The van der Waals surface area contributed by atoms with Gasteiger partial charge >= 0.3 is 0 Å². The summed E-state index contributed by atoms with van der Waals surface area (Å²) in [6.07, 6.45) is 0. The molecule has 0 aliphatic rings. The van der Waals surface area contributed by atoms with Crippen LogP contribution in [0.25, 0.3) is 32.3 Å². The maximum atomic E-state index is 13.8. The van der Waals surface area contributed by atoms with Crippen molar-refractivity contribution in [2.24, 2.45) is 0 Å². The van der Waals surface area contributed by atoms with Crippen molar-refractivity contribution in [1.29, 1.82) is 0 Å². The largest absolute Gasteiger partial charge is 0.395 e. The molecule has 0 aromatic heterocycles. The van der Waals surface area contributed by atoms with Crippen molar-refractivity contribution < 1.29 is 40.6 Å². The number of hydrogen-bond donors (Lipinski definition) is 4. The van der Waals surface area contributed by atoms with E-state index in [1.807, 2.05) is 0 Å². The summed E-state index contributed by atoms with van der Waals surface area (Å²) in [7, 11) is -7.41. The Kier molecular flexibility index (Phi) is 9.05. The van der Waals surface area contributed by atoms with E-state index in [0.29, 0.717) is 16.5 Å². The Hall–Kier alpha value is -2.67. The second-order valence-electron chi connectivity index (χ2n) is 9.77. The van der Waals surface area contributed by atoms with E-state index < -0.39 is 49.9 Å². The summed E-state index contributed by atoms with van der Waals surface area (Å²) in [6.45, 7) is -2.02. The molecule has 0 aliphatic carbocycles. The fourth-order valence-corrected chi connectivity index (χ4v) is 9.22. The van der Waals surface area contributed by atoms with Crippen LogP contribution in [0.5, 0.6) is 0 Å². The normalized spacial score (nSPS) is 13.5. The van der Waals surface area contributed by atoms with Gasteiger partial charge in [0.15, 0.2) is 0 Å². The molecule has 0 aliphatic heterocycles. The molecule has 0 spiro atoms. The molecule has 0 saturated carbocycles. The minimum Gasteiger partial charge on any atom is -0.395 e. The van der Waals surface area contributed by atoms with Crippen LogP contribution in [-0.2, 0) is 30.1 Å². The minimum absolute atomic E-state index is 0.114. The number of rotatable bonds is 13. The highest BCUT2D eigenvalue weighted by molar-refractivity contribution is 7.90. The smallest absolute Gasteiger partial charge is 0.243 e. The Morgan fingerprint density at radius 2 is 0.881 bits per heavy atom. The lowest BCUT2D eigenvalue weighted by molar-refractivity contribution is 0.266. The van der Waals surface area contributed by atoms with Crippen molar-refractivity contribution in [2.45, 2.75) is 14.7 Å². The van der Waals surface area contributed by atoms with Gasteiger partial charge in [0.2, 0.25) is 30.1 Å². The molecule has 0 bridgehead atoms. The number of hydrogen-bond acceptors (Lipinski definition) is 10. The maximum absolute atomic E-state index is 13.8. The zero-order valence-corrected chi connectivity index (χ0v) is 26.0. The quantitative estimate of drug-likeness (QED) is 0.149. The molecule has 0 amide bonds. The first kappa shape index (κ1) is 32.2. The molecule has 0 fully saturated rings. The topological polar surface area (TPSA) is 185 Å². The van der Waals surface area contributed by atoms with E-state index in [-0.39, 0.29) is 55.9 Å². The van der Waals surface area contributed by atoms with Crippen LogP contribution < -0.4 is 5.32 Å². The van der Waals surface area contributed by atoms with Crippen LogP contribution in [0.3, 0.4) is 0 Å². The second-order valence-corrected chi connectivity index (χ2v) is 15.8.